The van der Waals surface area contributed by atoms with Crippen molar-refractivity contribution < 1.29 is 18.9 Å². The summed E-state index contributed by atoms with van der Waals surface area (Å²) in [6.45, 7) is 4.26. The predicted molar refractivity (Wildman–Crippen MR) is 105 cm³/mol. The van der Waals surface area contributed by atoms with Gasteiger partial charge in [0.1, 0.15) is 24.0 Å². The molecule has 0 unspecified atom stereocenters. The summed E-state index contributed by atoms with van der Waals surface area (Å²) in [5.41, 5.74) is 5.10. The molecule has 6 rings (SSSR count). The summed E-state index contributed by atoms with van der Waals surface area (Å²) in [5.74, 6) is -0.664. The Morgan fingerprint density at radius 2 is 1.66 bits per heavy atom. The molecule has 3 aliphatic rings. The van der Waals surface area contributed by atoms with E-state index in [0.29, 0.717) is 6.61 Å². The van der Waals surface area contributed by atoms with Gasteiger partial charge in [0.05, 0.1) is 18.0 Å². The van der Waals surface area contributed by atoms with Crippen LogP contribution in [0.5, 0.6) is 0 Å². The SMILES string of the molecule is CC1(C)O[C@H]2O[C@@H]3c4nn(-c5ccccc5)c(-c5ccccc5)c4CO[C@@H]3[C@H]2O1. The van der Waals surface area contributed by atoms with Crippen LogP contribution in [0.3, 0.4) is 0 Å². The van der Waals surface area contributed by atoms with E-state index >= 15 is 0 Å². The molecule has 0 amide bonds. The van der Waals surface area contributed by atoms with E-state index < -0.39 is 12.1 Å². The minimum Gasteiger partial charge on any atom is -0.367 e. The number of hydrogen-bond acceptors (Lipinski definition) is 5. The summed E-state index contributed by atoms with van der Waals surface area (Å²) in [5, 5.41) is 5.00. The fourth-order valence-electron chi connectivity index (χ4n) is 4.55. The van der Waals surface area contributed by atoms with Crippen molar-refractivity contribution in [3.63, 3.8) is 0 Å². The average molecular weight is 390 g/mol. The fourth-order valence-corrected chi connectivity index (χ4v) is 4.55. The van der Waals surface area contributed by atoms with Crippen molar-refractivity contribution in [3.05, 3.63) is 71.9 Å². The number of benzene rings is 2. The lowest BCUT2D eigenvalue weighted by Gasteiger charge is -2.28. The molecule has 3 aromatic rings. The topological polar surface area (TPSA) is 54.7 Å². The normalized spacial score (nSPS) is 29.3. The average Bonchev–Trinajstić information content (AvgIpc) is 3.36. The third kappa shape index (κ3) is 2.68. The van der Waals surface area contributed by atoms with Gasteiger partial charge in [0.2, 0.25) is 0 Å². The molecule has 3 aliphatic heterocycles. The number of rotatable bonds is 2. The second-order valence-electron chi connectivity index (χ2n) is 8.13. The largest absolute Gasteiger partial charge is 0.367 e. The molecule has 1 aromatic heterocycles. The number of para-hydroxylation sites is 1. The monoisotopic (exact) mass is 390 g/mol. The highest BCUT2D eigenvalue weighted by Gasteiger charge is 2.58. The smallest absolute Gasteiger partial charge is 0.190 e. The fraction of sp³-hybridized carbons (Fsp3) is 0.348. The Morgan fingerprint density at radius 1 is 0.931 bits per heavy atom. The van der Waals surface area contributed by atoms with Crippen molar-refractivity contribution in [1.82, 2.24) is 9.78 Å². The van der Waals surface area contributed by atoms with Crippen LogP contribution in [0.1, 0.15) is 31.2 Å². The Labute approximate surface area is 169 Å². The van der Waals surface area contributed by atoms with Gasteiger partial charge in [-0.2, -0.15) is 5.10 Å². The first kappa shape index (κ1) is 17.4. The lowest BCUT2D eigenvalue weighted by molar-refractivity contribution is -0.223. The molecule has 148 valence electrons. The van der Waals surface area contributed by atoms with E-state index in [4.69, 9.17) is 24.0 Å². The number of ether oxygens (including phenoxy) is 4. The van der Waals surface area contributed by atoms with Gasteiger partial charge in [-0.3, -0.25) is 0 Å². The number of nitrogens with zero attached hydrogens (tertiary/aromatic N) is 2. The molecular weight excluding hydrogens is 368 g/mol. The second-order valence-corrected chi connectivity index (χ2v) is 8.13. The molecule has 6 nitrogen and oxygen atoms in total. The highest BCUT2D eigenvalue weighted by atomic mass is 16.8. The summed E-state index contributed by atoms with van der Waals surface area (Å²) >= 11 is 0. The van der Waals surface area contributed by atoms with E-state index in [2.05, 4.69) is 24.3 Å². The summed E-state index contributed by atoms with van der Waals surface area (Å²) in [6.07, 6.45) is -1.22. The van der Waals surface area contributed by atoms with Gasteiger partial charge in [0.25, 0.3) is 0 Å². The quantitative estimate of drug-likeness (QED) is 0.662. The first-order valence-electron chi connectivity index (χ1n) is 9.96. The Kier molecular flexibility index (Phi) is 3.74. The van der Waals surface area contributed by atoms with Crippen molar-refractivity contribution in [2.24, 2.45) is 0 Å². The van der Waals surface area contributed by atoms with Gasteiger partial charge >= 0.3 is 0 Å². The lowest BCUT2D eigenvalue weighted by Crippen LogP contribution is -2.36. The van der Waals surface area contributed by atoms with Crippen LogP contribution in [0.2, 0.25) is 0 Å². The molecule has 0 N–H and O–H groups in total. The lowest BCUT2D eigenvalue weighted by atomic mass is 9.98. The second kappa shape index (κ2) is 6.24. The molecule has 29 heavy (non-hydrogen) atoms. The van der Waals surface area contributed by atoms with E-state index in [1.165, 1.54) is 0 Å². The Hall–Kier alpha value is -2.51. The molecule has 6 heteroatoms. The highest BCUT2D eigenvalue weighted by molar-refractivity contribution is 5.67. The molecule has 0 spiro atoms. The van der Waals surface area contributed by atoms with Crippen molar-refractivity contribution in [2.45, 2.75) is 50.8 Å². The van der Waals surface area contributed by atoms with E-state index in [9.17, 15) is 0 Å². The third-order valence-electron chi connectivity index (χ3n) is 5.74. The standard InChI is InChI=1S/C23H22N2O4/c1-23(2)28-21-20-19(27-22(21)29-23)17-16(13-26-20)18(14-9-5-3-6-10-14)25(24-17)15-11-7-4-8-12-15/h3-12,19-22H,13H2,1-2H3/t19-,20+,21-,22-/m1/s1. The van der Waals surface area contributed by atoms with Gasteiger partial charge in [-0.1, -0.05) is 48.5 Å². The molecule has 0 saturated carbocycles. The number of hydrogen-bond donors (Lipinski definition) is 0. The molecule has 4 heterocycles. The molecule has 0 radical (unpaired) electrons. The first-order valence-corrected chi connectivity index (χ1v) is 9.96. The van der Waals surface area contributed by atoms with Crippen molar-refractivity contribution in [3.8, 4) is 16.9 Å². The summed E-state index contributed by atoms with van der Waals surface area (Å²) in [7, 11) is 0. The summed E-state index contributed by atoms with van der Waals surface area (Å²) in [4.78, 5) is 0. The van der Waals surface area contributed by atoms with E-state index in [1.54, 1.807) is 0 Å². The van der Waals surface area contributed by atoms with Gasteiger partial charge in [0.15, 0.2) is 12.1 Å². The van der Waals surface area contributed by atoms with Crippen LogP contribution in [0.15, 0.2) is 60.7 Å². The highest BCUT2D eigenvalue weighted by Crippen LogP contribution is 2.49. The van der Waals surface area contributed by atoms with Crippen LogP contribution >= 0.6 is 0 Å². The maximum atomic E-state index is 6.26. The minimum absolute atomic E-state index is 0.225. The van der Waals surface area contributed by atoms with Gasteiger partial charge in [-0.25, -0.2) is 4.68 Å². The molecule has 2 saturated heterocycles. The summed E-state index contributed by atoms with van der Waals surface area (Å²) < 4.78 is 26.5. The van der Waals surface area contributed by atoms with Gasteiger partial charge in [-0.15, -0.1) is 0 Å². The van der Waals surface area contributed by atoms with Crippen LogP contribution in [0.4, 0.5) is 0 Å². The van der Waals surface area contributed by atoms with Crippen LogP contribution in [0, 0.1) is 0 Å². The van der Waals surface area contributed by atoms with Gasteiger partial charge in [0, 0.05) is 11.1 Å². The molecular formula is C23H22N2O4. The summed E-state index contributed by atoms with van der Waals surface area (Å²) in [6, 6.07) is 20.4. The molecule has 0 bridgehead atoms. The van der Waals surface area contributed by atoms with Crippen LogP contribution in [0.25, 0.3) is 16.9 Å². The van der Waals surface area contributed by atoms with Crippen LogP contribution < -0.4 is 0 Å². The van der Waals surface area contributed by atoms with Crippen LogP contribution in [-0.4, -0.2) is 34.1 Å². The van der Waals surface area contributed by atoms with E-state index in [1.807, 2.05) is 54.9 Å². The van der Waals surface area contributed by atoms with E-state index in [0.717, 1.165) is 28.2 Å². The third-order valence-corrected chi connectivity index (χ3v) is 5.74. The minimum atomic E-state index is -0.664. The van der Waals surface area contributed by atoms with E-state index in [-0.39, 0.29) is 18.3 Å². The Balaban J connectivity index is 1.48. The van der Waals surface area contributed by atoms with Gasteiger partial charge in [-0.05, 0) is 26.0 Å². The zero-order valence-electron chi connectivity index (χ0n) is 16.3. The maximum Gasteiger partial charge on any atom is 0.190 e. The maximum absolute atomic E-state index is 6.26. The number of fused-ring (bicyclic) bond motifs is 5. The number of aromatic nitrogens is 2. The zero-order valence-corrected chi connectivity index (χ0v) is 16.3. The Bertz CT molecular complexity index is 1050. The van der Waals surface area contributed by atoms with Crippen molar-refractivity contribution >= 4 is 0 Å². The molecule has 2 fully saturated rings. The van der Waals surface area contributed by atoms with Gasteiger partial charge < -0.3 is 18.9 Å². The Morgan fingerprint density at radius 3 is 2.41 bits per heavy atom. The molecule has 4 atom stereocenters. The van der Waals surface area contributed by atoms with Crippen molar-refractivity contribution in [1.29, 1.82) is 0 Å². The molecule has 2 aromatic carbocycles. The predicted octanol–water partition coefficient (Wildman–Crippen LogP) is 3.99. The van der Waals surface area contributed by atoms with Crippen molar-refractivity contribution in [2.75, 3.05) is 0 Å². The zero-order chi connectivity index (χ0) is 19.6. The molecule has 0 aliphatic carbocycles. The first-order chi connectivity index (χ1) is 14.1. The van der Waals surface area contributed by atoms with Crippen LogP contribution in [-0.2, 0) is 25.6 Å².